The summed E-state index contributed by atoms with van der Waals surface area (Å²) in [7, 11) is -4.06. The van der Waals surface area contributed by atoms with Crippen LogP contribution >= 0.6 is 11.6 Å². The number of benzene rings is 3. The molecule has 31 heavy (non-hydrogen) atoms. The van der Waals surface area contributed by atoms with E-state index in [1.807, 2.05) is 6.92 Å². The van der Waals surface area contributed by atoms with Gasteiger partial charge in [-0.05, 0) is 49.7 Å². The molecule has 0 aliphatic rings. The Hall–Kier alpha value is -2.90. The third-order valence-electron chi connectivity index (χ3n) is 4.84. The summed E-state index contributed by atoms with van der Waals surface area (Å²) in [5, 5.41) is 2.97. The zero-order chi connectivity index (χ0) is 22.6. The third kappa shape index (κ3) is 5.24. The van der Waals surface area contributed by atoms with Crippen molar-refractivity contribution < 1.29 is 17.6 Å². The van der Waals surface area contributed by atoms with Crippen molar-refractivity contribution >= 4 is 33.2 Å². The van der Waals surface area contributed by atoms with E-state index < -0.39 is 28.3 Å². The van der Waals surface area contributed by atoms with Crippen molar-refractivity contribution in [3.8, 4) is 0 Å². The standard InChI is InChI=1S/C23H22ClFN2O3S/c1-16-10-12-19(13-11-16)31(29,30)27(22-9-5-7-20(24)17(22)2)15-23(28)26-14-18-6-3-4-8-21(18)25/h3-13H,14-15H2,1-2H3,(H,26,28). The second kappa shape index (κ2) is 9.49. The number of carbonyl (C=O) groups is 1. The summed E-state index contributed by atoms with van der Waals surface area (Å²) in [4.78, 5) is 12.7. The summed E-state index contributed by atoms with van der Waals surface area (Å²) in [6, 6.07) is 17.3. The molecule has 0 unspecified atom stereocenters. The Kier molecular flexibility index (Phi) is 6.97. The highest BCUT2D eigenvalue weighted by Crippen LogP contribution is 2.30. The minimum absolute atomic E-state index is 0.0550. The molecule has 3 rings (SSSR count). The molecule has 0 atom stereocenters. The van der Waals surface area contributed by atoms with Gasteiger partial charge >= 0.3 is 0 Å². The Balaban J connectivity index is 1.92. The second-order valence-electron chi connectivity index (χ2n) is 7.08. The quantitative estimate of drug-likeness (QED) is 0.560. The summed E-state index contributed by atoms with van der Waals surface area (Å²) < 4.78 is 41.7. The van der Waals surface area contributed by atoms with Crippen LogP contribution in [0, 0.1) is 19.7 Å². The molecule has 0 aliphatic carbocycles. The SMILES string of the molecule is Cc1ccc(S(=O)(=O)N(CC(=O)NCc2ccccc2F)c2cccc(Cl)c2C)cc1. The lowest BCUT2D eigenvalue weighted by molar-refractivity contribution is -0.119. The monoisotopic (exact) mass is 460 g/mol. The molecular formula is C23H22ClFN2O3S. The van der Waals surface area contributed by atoms with Crippen molar-refractivity contribution in [3.05, 3.63) is 94.3 Å². The van der Waals surface area contributed by atoms with Crippen LogP contribution in [0.5, 0.6) is 0 Å². The first-order chi connectivity index (χ1) is 14.7. The lowest BCUT2D eigenvalue weighted by Gasteiger charge is -2.26. The van der Waals surface area contributed by atoms with Crippen LogP contribution in [0.15, 0.2) is 71.6 Å². The van der Waals surface area contributed by atoms with Crippen LogP contribution in [-0.4, -0.2) is 20.9 Å². The van der Waals surface area contributed by atoms with Gasteiger partial charge in [-0.25, -0.2) is 12.8 Å². The molecule has 0 saturated carbocycles. The molecule has 162 valence electrons. The van der Waals surface area contributed by atoms with E-state index in [-0.39, 0.29) is 11.4 Å². The van der Waals surface area contributed by atoms with Gasteiger partial charge in [0, 0.05) is 17.1 Å². The van der Waals surface area contributed by atoms with E-state index in [1.54, 1.807) is 55.5 Å². The number of sulfonamides is 1. The molecule has 1 N–H and O–H groups in total. The van der Waals surface area contributed by atoms with Crippen molar-refractivity contribution in [3.63, 3.8) is 0 Å². The number of carbonyl (C=O) groups excluding carboxylic acids is 1. The normalized spacial score (nSPS) is 11.2. The van der Waals surface area contributed by atoms with Crippen LogP contribution in [0.25, 0.3) is 0 Å². The number of rotatable bonds is 7. The largest absolute Gasteiger partial charge is 0.350 e. The molecule has 0 saturated heterocycles. The van der Waals surface area contributed by atoms with Crippen LogP contribution in [-0.2, 0) is 21.4 Å². The maximum absolute atomic E-state index is 13.8. The smallest absolute Gasteiger partial charge is 0.264 e. The van der Waals surface area contributed by atoms with Gasteiger partial charge in [-0.15, -0.1) is 0 Å². The molecular weight excluding hydrogens is 439 g/mol. The predicted molar refractivity (Wildman–Crippen MR) is 120 cm³/mol. The Labute approximate surface area is 186 Å². The highest BCUT2D eigenvalue weighted by Gasteiger charge is 2.28. The van der Waals surface area contributed by atoms with E-state index in [1.165, 1.54) is 18.2 Å². The molecule has 0 radical (unpaired) electrons. The fourth-order valence-corrected chi connectivity index (χ4v) is 4.67. The third-order valence-corrected chi connectivity index (χ3v) is 7.02. The molecule has 5 nitrogen and oxygen atoms in total. The Morgan fingerprint density at radius 1 is 1.00 bits per heavy atom. The average molecular weight is 461 g/mol. The van der Waals surface area contributed by atoms with Crippen LogP contribution in [0.4, 0.5) is 10.1 Å². The van der Waals surface area contributed by atoms with E-state index in [0.717, 1.165) is 9.87 Å². The maximum atomic E-state index is 13.8. The number of hydrogen-bond acceptors (Lipinski definition) is 3. The first-order valence-corrected chi connectivity index (χ1v) is 11.4. The van der Waals surface area contributed by atoms with Crippen molar-refractivity contribution in [2.45, 2.75) is 25.3 Å². The second-order valence-corrected chi connectivity index (χ2v) is 9.35. The number of anilines is 1. The van der Waals surface area contributed by atoms with Gasteiger partial charge in [0.15, 0.2) is 0 Å². The fourth-order valence-electron chi connectivity index (χ4n) is 3.03. The minimum Gasteiger partial charge on any atom is -0.350 e. The summed E-state index contributed by atoms with van der Waals surface area (Å²) in [5.41, 5.74) is 2.05. The molecule has 0 heterocycles. The minimum atomic E-state index is -4.06. The topological polar surface area (TPSA) is 66.5 Å². The van der Waals surface area contributed by atoms with Crippen molar-refractivity contribution in [2.24, 2.45) is 0 Å². The molecule has 0 aromatic heterocycles. The lowest BCUT2D eigenvalue weighted by Crippen LogP contribution is -2.41. The van der Waals surface area contributed by atoms with Crippen molar-refractivity contribution in [2.75, 3.05) is 10.8 Å². The Morgan fingerprint density at radius 3 is 2.35 bits per heavy atom. The molecule has 0 fully saturated rings. The average Bonchev–Trinajstić information content (AvgIpc) is 2.74. The maximum Gasteiger partial charge on any atom is 0.264 e. The van der Waals surface area contributed by atoms with E-state index in [9.17, 15) is 17.6 Å². The number of hydrogen-bond donors (Lipinski definition) is 1. The zero-order valence-electron chi connectivity index (χ0n) is 17.1. The molecule has 1 amide bonds. The molecule has 0 bridgehead atoms. The summed E-state index contributed by atoms with van der Waals surface area (Å²) in [6.07, 6.45) is 0. The predicted octanol–water partition coefficient (Wildman–Crippen LogP) is 4.61. The van der Waals surface area contributed by atoms with Gasteiger partial charge in [-0.3, -0.25) is 9.10 Å². The van der Waals surface area contributed by atoms with E-state index in [4.69, 9.17) is 11.6 Å². The number of aryl methyl sites for hydroxylation is 1. The molecule has 3 aromatic carbocycles. The van der Waals surface area contributed by atoms with Crippen molar-refractivity contribution in [1.29, 1.82) is 0 Å². The summed E-state index contributed by atoms with van der Waals surface area (Å²) >= 11 is 6.21. The van der Waals surface area contributed by atoms with Gasteiger partial charge in [0.2, 0.25) is 5.91 Å². The highest BCUT2D eigenvalue weighted by molar-refractivity contribution is 7.92. The molecule has 8 heteroatoms. The molecule has 0 aliphatic heterocycles. The Bertz CT molecular complexity index is 1200. The van der Waals surface area contributed by atoms with Gasteiger partial charge in [-0.1, -0.05) is 53.6 Å². The van der Waals surface area contributed by atoms with E-state index >= 15 is 0 Å². The molecule has 3 aromatic rings. The first-order valence-electron chi connectivity index (χ1n) is 9.55. The van der Waals surface area contributed by atoms with Gasteiger partial charge < -0.3 is 5.32 Å². The van der Waals surface area contributed by atoms with E-state index in [0.29, 0.717) is 21.8 Å². The van der Waals surface area contributed by atoms with Gasteiger partial charge in [-0.2, -0.15) is 0 Å². The molecule has 0 spiro atoms. The van der Waals surface area contributed by atoms with Crippen molar-refractivity contribution in [1.82, 2.24) is 5.32 Å². The summed E-state index contributed by atoms with van der Waals surface area (Å²) in [5.74, 6) is -1.02. The number of amides is 1. The highest BCUT2D eigenvalue weighted by atomic mass is 35.5. The lowest BCUT2D eigenvalue weighted by atomic mass is 10.2. The van der Waals surface area contributed by atoms with E-state index in [2.05, 4.69) is 5.32 Å². The van der Waals surface area contributed by atoms with Crippen LogP contribution in [0.2, 0.25) is 5.02 Å². The van der Waals surface area contributed by atoms with Gasteiger partial charge in [0.05, 0.1) is 10.6 Å². The zero-order valence-corrected chi connectivity index (χ0v) is 18.7. The first kappa shape index (κ1) is 22.8. The van der Waals surface area contributed by atoms with Crippen LogP contribution in [0.1, 0.15) is 16.7 Å². The van der Waals surface area contributed by atoms with Gasteiger partial charge in [0.1, 0.15) is 12.4 Å². The number of nitrogens with zero attached hydrogens (tertiary/aromatic N) is 1. The van der Waals surface area contributed by atoms with Crippen LogP contribution in [0.3, 0.4) is 0 Å². The Morgan fingerprint density at radius 2 is 1.68 bits per heavy atom. The number of nitrogens with one attached hydrogen (secondary N) is 1. The van der Waals surface area contributed by atoms with Gasteiger partial charge in [0.25, 0.3) is 10.0 Å². The van der Waals surface area contributed by atoms with Crippen LogP contribution < -0.4 is 9.62 Å². The summed E-state index contributed by atoms with van der Waals surface area (Å²) in [6.45, 7) is 3.00. The number of halogens is 2. The fraction of sp³-hybridized carbons (Fsp3) is 0.174.